The molecule has 6 nitrogen and oxygen atoms in total. The second kappa shape index (κ2) is 6.42. The summed E-state index contributed by atoms with van der Waals surface area (Å²) >= 11 is 3.45. The summed E-state index contributed by atoms with van der Waals surface area (Å²) in [6, 6.07) is 13.7. The van der Waals surface area contributed by atoms with Crippen LogP contribution in [0.15, 0.2) is 63.2 Å². The van der Waals surface area contributed by atoms with Crippen LogP contribution in [0.2, 0.25) is 0 Å². The first-order valence-electron chi connectivity index (χ1n) is 8.03. The van der Waals surface area contributed by atoms with Crippen LogP contribution in [0, 0.1) is 0 Å². The van der Waals surface area contributed by atoms with E-state index in [2.05, 4.69) is 31.0 Å². The van der Waals surface area contributed by atoms with Gasteiger partial charge in [0.05, 0.1) is 6.21 Å². The predicted octanol–water partition coefficient (Wildman–Crippen LogP) is 3.59. The SMILES string of the molecule is CN(C)c1ccc(/C=N\n2cnc3c([nH]c4ccc(Br)cc43)c2=O)cc1. The van der Waals surface area contributed by atoms with E-state index in [1.54, 1.807) is 6.21 Å². The maximum Gasteiger partial charge on any atom is 0.298 e. The number of halogens is 1. The summed E-state index contributed by atoms with van der Waals surface area (Å²) < 4.78 is 2.18. The highest BCUT2D eigenvalue weighted by atomic mass is 79.9. The largest absolute Gasteiger partial charge is 0.378 e. The van der Waals surface area contributed by atoms with Gasteiger partial charge in [0.25, 0.3) is 5.56 Å². The molecule has 130 valence electrons. The van der Waals surface area contributed by atoms with Crippen LogP contribution >= 0.6 is 15.9 Å². The molecule has 26 heavy (non-hydrogen) atoms. The van der Waals surface area contributed by atoms with E-state index in [1.165, 1.54) is 11.0 Å². The highest BCUT2D eigenvalue weighted by molar-refractivity contribution is 9.10. The van der Waals surface area contributed by atoms with Crippen molar-refractivity contribution in [1.29, 1.82) is 0 Å². The predicted molar refractivity (Wildman–Crippen MR) is 109 cm³/mol. The molecule has 4 rings (SSSR count). The number of fused-ring (bicyclic) bond motifs is 3. The molecule has 7 heteroatoms. The van der Waals surface area contributed by atoms with E-state index < -0.39 is 0 Å². The van der Waals surface area contributed by atoms with Gasteiger partial charge in [0.2, 0.25) is 0 Å². The summed E-state index contributed by atoms with van der Waals surface area (Å²) in [6.07, 6.45) is 3.09. The Morgan fingerprint density at radius 1 is 1.19 bits per heavy atom. The molecule has 0 spiro atoms. The lowest BCUT2D eigenvalue weighted by Crippen LogP contribution is -2.17. The molecule has 0 fully saturated rings. The Hall–Kier alpha value is -2.93. The van der Waals surface area contributed by atoms with Crippen LogP contribution in [0.4, 0.5) is 5.69 Å². The molecular formula is C19H16BrN5O. The van der Waals surface area contributed by atoms with Crippen molar-refractivity contribution in [2.75, 3.05) is 19.0 Å². The third-order valence-electron chi connectivity index (χ3n) is 4.19. The summed E-state index contributed by atoms with van der Waals surface area (Å²) in [4.78, 5) is 22.3. The number of aromatic nitrogens is 3. The molecule has 2 heterocycles. The van der Waals surface area contributed by atoms with Crippen molar-refractivity contribution in [3.63, 3.8) is 0 Å². The van der Waals surface area contributed by atoms with Crippen LogP contribution in [0.25, 0.3) is 21.9 Å². The summed E-state index contributed by atoms with van der Waals surface area (Å²) in [5, 5.41) is 5.17. The van der Waals surface area contributed by atoms with Crippen molar-refractivity contribution in [3.05, 3.63) is 69.2 Å². The number of H-pyrrole nitrogens is 1. The summed E-state index contributed by atoms with van der Waals surface area (Å²) in [5.74, 6) is 0. The summed E-state index contributed by atoms with van der Waals surface area (Å²) in [5.41, 5.74) is 3.74. The van der Waals surface area contributed by atoms with Crippen LogP contribution in [-0.2, 0) is 0 Å². The van der Waals surface area contributed by atoms with E-state index >= 15 is 0 Å². The third-order valence-corrected chi connectivity index (χ3v) is 4.69. The molecule has 2 aromatic heterocycles. The van der Waals surface area contributed by atoms with E-state index in [4.69, 9.17) is 0 Å². The van der Waals surface area contributed by atoms with Crippen molar-refractivity contribution >= 4 is 49.8 Å². The first kappa shape index (κ1) is 16.5. The van der Waals surface area contributed by atoms with Gasteiger partial charge in [-0.1, -0.05) is 28.1 Å². The maximum atomic E-state index is 12.7. The van der Waals surface area contributed by atoms with Crippen molar-refractivity contribution in [2.45, 2.75) is 0 Å². The van der Waals surface area contributed by atoms with Gasteiger partial charge in [-0.3, -0.25) is 4.79 Å². The van der Waals surface area contributed by atoms with E-state index in [-0.39, 0.29) is 5.56 Å². The Balaban J connectivity index is 1.74. The highest BCUT2D eigenvalue weighted by Crippen LogP contribution is 2.24. The van der Waals surface area contributed by atoms with Gasteiger partial charge < -0.3 is 9.88 Å². The van der Waals surface area contributed by atoms with Crippen molar-refractivity contribution in [1.82, 2.24) is 14.6 Å². The average Bonchev–Trinajstić information content (AvgIpc) is 3.00. The topological polar surface area (TPSA) is 66.3 Å². The fourth-order valence-corrected chi connectivity index (χ4v) is 3.15. The number of nitrogens with zero attached hydrogens (tertiary/aromatic N) is 4. The normalized spacial score (nSPS) is 11.7. The average molecular weight is 410 g/mol. The van der Waals surface area contributed by atoms with Gasteiger partial charge in [0.1, 0.15) is 17.4 Å². The second-order valence-corrected chi connectivity index (χ2v) is 7.08. The Labute approximate surface area is 157 Å². The van der Waals surface area contributed by atoms with E-state index in [9.17, 15) is 4.79 Å². The Morgan fingerprint density at radius 2 is 1.96 bits per heavy atom. The van der Waals surface area contributed by atoms with Gasteiger partial charge in [-0.15, -0.1) is 0 Å². The molecule has 0 aliphatic carbocycles. The Bertz CT molecular complexity index is 1190. The minimum Gasteiger partial charge on any atom is -0.378 e. The molecule has 2 aromatic carbocycles. The number of benzene rings is 2. The molecule has 4 aromatic rings. The number of aromatic amines is 1. The highest BCUT2D eigenvalue weighted by Gasteiger charge is 2.10. The van der Waals surface area contributed by atoms with Gasteiger partial charge in [0, 0.05) is 35.2 Å². The molecule has 0 bridgehead atoms. The van der Waals surface area contributed by atoms with Crippen LogP contribution < -0.4 is 10.5 Å². The molecule has 0 amide bonds. The number of hydrogen-bond acceptors (Lipinski definition) is 4. The van der Waals surface area contributed by atoms with Crippen LogP contribution in [0.1, 0.15) is 5.56 Å². The third kappa shape index (κ3) is 2.90. The molecule has 0 saturated carbocycles. The molecule has 0 radical (unpaired) electrons. The van der Waals surface area contributed by atoms with Gasteiger partial charge in [-0.25, -0.2) is 4.98 Å². The second-order valence-electron chi connectivity index (χ2n) is 6.16. The number of nitrogens with one attached hydrogen (secondary N) is 1. The van der Waals surface area contributed by atoms with Crippen LogP contribution in [0.5, 0.6) is 0 Å². The summed E-state index contributed by atoms with van der Waals surface area (Å²) in [6.45, 7) is 0. The van der Waals surface area contributed by atoms with Crippen molar-refractivity contribution < 1.29 is 0 Å². The zero-order chi connectivity index (χ0) is 18.3. The molecule has 0 unspecified atom stereocenters. The first-order chi connectivity index (χ1) is 12.5. The lowest BCUT2D eigenvalue weighted by Gasteiger charge is -2.11. The smallest absolute Gasteiger partial charge is 0.298 e. The van der Waals surface area contributed by atoms with Crippen molar-refractivity contribution in [2.24, 2.45) is 5.10 Å². The minimum absolute atomic E-state index is 0.233. The fourth-order valence-electron chi connectivity index (χ4n) is 2.79. The molecule has 0 aliphatic rings. The number of hydrogen-bond donors (Lipinski definition) is 1. The number of anilines is 1. The van der Waals surface area contributed by atoms with Crippen LogP contribution in [0.3, 0.4) is 0 Å². The zero-order valence-corrected chi connectivity index (χ0v) is 15.9. The monoisotopic (exact) mass is 409 g/mol. The van der Waals surface area contributed by atoms with Gasteiger partial charge in [-0.05, 0) is 35.9 Å². The maximum absolute atomic E-state index is 12.7. The van der Waals surface area contributed by atoms with E-state index in [0.29, 0.717) is 11.0 Å². The van der Waals surface area contributed by atoms with Crippen LogP contribution in [-0.4, -0.2) is 35.0 Å². The van der Waals surface area contributed by atoms with Gasteiger partial charge >= 0.3 is 0 Å². The number of rotatable bonds is 3. The first-order valence-corrected chi connectivity index (χ1v) is 8.82. The molecule has 0 saturated heterocycles. The van der Waals surface area contributed by atoms with Crippen molar-refractivity contribution in [3.8, 4) is 0 Å². The van der Waals surface area contributed by atoms with E-state index in [1.807, 2.05) is 61.5 Å². The Kier molecular flexibility index (Phi) is 4.08. The lowest BCUT2D eigenvalue weighted by molar-refractivity contribution is 0.815. The quantitative estimate of drug-likeness (QED) is 0.525. The Morgan fingerprint density at radius 3 is 2.69 bits per heavy atom. The fraction of sp³-hybridized carbons (Fsp3) is 0.105. The molecule has 0 aliphatic heterocycles. The van der Waals surface area contributed by atoms with Gasteiger partial charge in [-0.2, -0.15) is 9.78 Å². The minimum atomic E-state index is -0.233. The zero-order valence-electron chi connectivity index (χ0n) is 14.3. The lowest BCUT2D eigenvalue weighted by atomic mass is 10.2. The summed E-state index contributed by atoms with van der Waals surface area (Å²) in [7, 11) is 3.98. The molecular weight excluding hydrogens is 394 g/mol. The standard InChI is InChI=1S/C19H16BrN5O/c1-24(2)14-6-3-12(4-7-14)10-22-25-11-21-17-15-9-13(20)5-8-16(15)23-18(17)19(25)26/h3-11,23H,1-2H3/b22-10-. The van der Waals surface area contributed by atoms with Gasteiger partial charge in [0.15, 0.2) is 0 Å². The molecule has 0 atom stereocenters. The van der Waals surface area contributed by atoms with E-state index in [0.717, 1.165) is 26.6 Å². The molecule has 1 N–H and O–H groups in total.